The van der Waals surface area contributed by atoms with Crippen molar-refractivity contribution in [1.29, 1.82) is 0 Å². The summed E-state index contributed by atoms with van der Waals surface area (Å²) in [5.41, 5.74) is 0.249. The quantitative estimate of drug-likeness (QED) is 0.732. The van der Waals surface area contributed by atoms with Crippen molar-refractivity contribution in [2.45, 2.75) is 25.8 Å². The van der Waals surface area contributed by atoms with Gasteiger partial charge in [0.25, 0.3) is 5.56 Å². The molecule has 1 aromatic rings. The number of carbonyl (C=O) groups excluding carboxylic acids is 1. The molecule has 2 heterocycles. The second-order valence-electron chi connectivity index (χ2n) is 3.78. The molecule has 15 heavy (non-hydrogen) atoms. The van der Waals surface area contributed by atoms with E-state index in [0.29, 0.717) is 18.9 Å². The molecule has 2 rings (SSSR count). The Morgan fingerprint density at radius 3 is 2.73 bits per heavy atom. The van der Waals surface area contributed by atoms with Crippen molar-refractivity contribution in [3.05, 3.63) is 22.1 Å². The van der Waals surface area contributed by atoms with E-state index in [1.807, 2.05) is 0 Å². The van der Waals surface area contributed by atoms with Crippen molar-refractivity contribution in [2.24, 2.45) is 0 Å². The van der Waals surface area contributed by atoms with Gasteiger partial charge in [0.05, 0.1) is 6.04 Å². The molecular formula is C10H14N2O3. The van der Waals surface area contributed by atoms with E-state index < -0.39 is 0 Å². The van der Waals surface area contributed by atoms with Crippen LogP contribution in [0, 0.1) is 0 Å². The zero-order chi connectivity index (χ0) is 10.8. The molecule has 1 N–H and O–H groups in total. The highest BCUT2D eigenvalue weighted by Crippen LogP contribution is 2.18. The van der Waals surface area contributed by atoms with Crippen molar-refractivity contribution >= 4 is 5.78 Å². The summed E-state index contributed by atoms with van der Waals surface area (Å²) in [7, 11) is 0. The third kappa shape index (κ3) is 2.02. The lowest BCUT2D eigenvalue weighted by atomic mass is 10.1. The Kier molecular flexibility index (Phi) is 2.73. The molecule has 0 aliphatic carbocycles. The van der Waals surface area contributed by atoms with Crippen LogP contribution in [-0.4, -0.2) is 28.8 Å². The van der Waals surface area contributed by atoms with Crippen molar-refractivity contribution in [3.63, 3.8) is 0 Å². The van der Waals surface area contributed by atoms with Crippen LogP contribution in [0.25, 0.3) is 0 Å². The number of hydrogen-bond donors (Lipinski definition) is 1. The predicted molar refractivity (Wildman–Crippen MR) is 54.1 cm³/mol. The van der Waals surface area contributed by atoms with Crippen LogP contribution in [-0.2, 0) is 4.74 Å². The average molecular weight is 210 g/mol. The smallest absolute Gasteiger partial charge is 0.267 e. The van der Waals surface area contributed by atoms with Gasteiger partial charge in [0.15, 0.2) is 5.78 Å². The molecule has 1 aliphatic rings. The van der Waals surface area contributed by atoms with Crippen molar-refractivity contribution in [2.75, 3.05) is 13.2 Å². The molecule has 5 nitrogen and oxygen atoms in total. The van der Waals surface area contributed by atoms with Gasteiger partial charge >= 0.3 is 0 Å². The molecule has 0 radical (unpaired) electrons. The van der Waals surface area contributed by atoms with Gasteiger partial charge in [-0.3, -0.25) is 14.7 Å². The summed E-state index contributed by atoms with van der Waals surface area (Å²) in [5.74, 6) is -0.113. The highest BCUT2D eigenvalue weighted by Gasteiger charge is 2.18. The van der Waals surface area contributed by atoms with Gasteiger partial charge < -0.3 is 4.74 Å². The topological polar surface area (TPSA) is 64.1 Å². The summed E-state index contributed by atoms with van der Waals surface area (Å²) >= 11 is 0. The van der Waals surface area contributed by atoms with Gasteiger partial charge in [-0.2, -0.15) is 0 Å². The number of aromatic amines is 1. The minimum atomic E-state index is -0.132. The van der Waals surface area contributed by atoms with Gasteiger partial charge in [0, 0.05) is 26.2 Å². The lowest BCUT2D eigenvalue weighted by Crippen LogP contribution is -2.27. The number of aromatic nitrogens is 2. The Balaban J connectivity index is 2.27. The first-order chi connectivity index (χ1) is 7.18. The summed E-state index contributed by atoms with van der Waals surface area (Å²) in [5, 5.41) is 2.85. The number of ketones is 1. The first-order valence-corrected chi connectivity index (χ1v) is 5.08. The van der Waals surface area contributed by atoms with E-state index in [1.54, 1.807) is 4.68 Å². The van der Waals surface area contributed by atoms with Crippen LogP contribution < -0.4 is 5.56 Å². The molecule has 1 aliphatic heterocycles. The molecule has 1 aromatic heterocycles. The molecule has 1 saturated heterocycles. The lowest BCUT2D eigenvalue weighted by molar-refractivity contribution is 0.0652. The Morgan fingerprint density at radius 2 is 2.20 bits per heavy atom. The number of carbonyl (C=O) groups is 1. The zero-order valence-electron chi connectivity index (χ0n) is 8.66. The molecule has 0 spiro atoms. The van der Waals surface area contributed by atoms with Gasteiger partial charge in [0.2, 0.25) is 0 Å². The van der Waals surface area contributed by atoms with E-state index in [4.69, 9.17) is 4.74 Å². The van der Waals surface area contributed by atoms with E-state index in [-0.39, 0.29) is 17.4 Å². The largest absolute Gasteiger partial charge is 0.381 e. The Hall–Kier alpha value is -1.36. The van der Waals surface area contributed by atoms with Crippen molar-refractivity contribution in [3.8, 4) is 0 Å². The van der Waals surface area contributed by atoms with Crippen LogP contribution in [0.1, 0.15) is 36.3 Å². The molecule has 1 fully saturated rings. The van der Waals surface area contributed by atoms with E-state index in [2.05, 4.69) is 5.10 Å². The van der Waals surface area contributed by atoms with Crippen LogP contribution in [0.2, 0.25) is 0 Å². The van der Waals surface area contributed by atoms with Crippen LogP contribution in [0.4, 0.5) is 0 Å². The normalized spacial score (nSPS) is 17.9. The fraction of sp³-hybridized carbons (Fsp3) is 0.600. The van der Waals surface area contributed by atoms with Gasteiger partial charge in [-0.15, -0.1) is 0 Å². The van der Waals surface area contributed by atoms with E-state index in [9.17, 15) is 9.59 Å². The van der Waals surface area contributed by atoms with Gasteiger partial charge in [0.1, 0.15) is 5.69 Å². The molecule has 0 atom stereocenters. The second kappa shape index (κ2) is 4.02. The maximum absolute atomic E-state index is 11.6. The monoisotopic (exact) mass is 210 g/mol. The number of hydrogen-bond acceptors (Lipinski definition) is 3. The summed E-state index contributed by atoms with van der Waals surface area (Å²) in [6.45, 7) is 2.79. The first-order valence-electron chi connectivity index (χ1n) is 5.08. The Labute approximate surface area is 87.0 Å². The molecular weight excluding hydrogens is 196 g/mol. The molecule has 0 amide bonds. The third-order valence-corrected chi connectivity index (χ3v) is 2.68. The number of nitrogens with zero attached hydrogens (tertiary/aromatic N) is 1. The van der Waals surface area contributed by atoms with Gasteiger partial charge in [-0.25, -0.2) is 4.68 Å². The van der Waals surface area contributed by atoms with Gasteiger partial charge in [-0.05, 0) is 12.8 Å². The molecule has 5 heteroatoms. The molecule has 82 valence electrons. The number of H-pyrrole nitrogens is 1. The number of ether oxygens (including phenoxy) is 1. The van der Waals surface area contributed by atoms with E-state index in [0.717, 1.165) is 12.8 Å². The summed E-state index contributed by atoms with van der Waals surface area (Å²) in [6, 6.07) is 1.50. The number of rotatable bonds is 2. The molecule has 0 saturated carbocycles. The highest BCUT2D eigenvalue weighted by atomic mass is 16.5. The van der Waals surface area contributed by atoms with Crippen molar-refractivity contribution in [1.82, 2.24) is 9.78 Å². The average Bonchev–Trinajstić information content (AvgIpc) is 2.62. The summed E-state index contributed by atoms with van der Waals surface area (Å²) in [4.78, 5) is 22.7. The molecule has 0 aromatic carbocycles. The third-order valence-electron chi connectivity index (χ3n) is 2.68. The van der Waals surface area contributed by atoms with Crippen molar-refractivity contribution < 1.29 is 9.53 Å². The highest BCUT2D eigenvalue weighted by molar-refractivity contribution is 5.91. The second-order valence-corrected chi connectivity index (χ2v) is 3.78. The molecule has 0 bridgehead atoms. The van der Waals surface area contributed by atoms with Crippen LogP contribution in [0.3, 0.4) is 0 Å². The fourth-order valence-corrected chi connectivity index (χ4v) is 1.81. The van der Waals surface area contributed by atoms with Crippen LogP contribution in [0.5, 0.6) is 0 Å². The van der Waals surface area contributed by atoms with E-state index >= 15 is 0 Å². The predicted octanol–water partition coefficient (Wildman–Crippen LogP) is 0.730. The van der Waals surface area contributed by atoms with Crippen LogP contribution >= 0.6 is 0 Å². The Morgan fingerprint density at radius 1 is 1.53 bits per heavy atom. The zero-order valence-corrected chi connectivity index (χ0v) is 8.66. The van der Waals surface area contributed by atoms with E-state index in [1.165, 1.54) is 13.0 Å². The van der Waals surface area contributed by atoms with Crippen LogP contribution in [0.15, 0.2) is 10.9 Å². The number of Topliss-reactive ketones (excluding diaryl/α,β-unsaturated/α-hetero) is 1. The Bertz CT molecular complexity index is 413. The fourth-order valence-electron chi connectivity index (χ4n) is 1.81. The minimum absolute atomic E-state index is 0.113. The maximum Gasteiger partial charge on any atom is 0.267 e. The standard InChI is InChI=1S/C10H14N2O3/c1-7(13)9-6-10(14)12(11-9)8-2-4-15-5-3-8/h6,8,11H,2-5H2,1H3. The number of nitrogens with one attached hydrogen (secondary N) is 1. The summed E-state index contributed by atoms with van der Waals surface area (Å²) < 4.78 is 6.76. The van der Waals surface area contributed by atoms with Gasteiger partial charge in [-0.1, -0.05) is 0 Å². The lowest BCUT2D eigenvalue weighted by Gasteiger charge is -2.22. The minimum Gasteiger partial charge on any atom is -0.381 e. The summed E-state index contributed by atoms with van der Waals surface area (Å²) in [6.07, 6.45) is 1.63. The molecule has 0 unspecified atom stereocenters. The SMILES string of the molecule is CC(=O)c1cc(=O)n(C2CCOCC2)[nH]1. The maximum atomic E-state index is 11.6. The first kappa shape index (κ1) is 10.2.